The maximum Gasteiger partial charge on any atom is 0.326 e. The zero-order valence-corrected chi connectivity index (χ0v) is 14.5. The molecule has 2 rings (SSSR count). The predicted molar refractivity (Wildman–Crippen MR) is 90.5 cm³/mol. The first-order valence-electron chi connectivity index (χ1n) is 8.11. The fourth-order valence-electron chi connectivity index (χ4n) is 2.42. The number of aryl methyl sites for hydroxylation is 2. The Hall–Kier alpha value is -2.83. The first-order chi connectivity index (χ1) is 11.9. The molecule has 7 nitrogen and oxygen atoms in total. The summed E-state index contributed by atoms with van der Waals surface area (Å²) in [4.78, 5) is 23.7. The summed E-state index contributed by atoms with van der Waals surface area (Å²) < 4.78 is 10.9. The van der Waals surface area contributed by atoms with Crippen molar-refractivity contribution in [3.05, 3.63) is 46.8 Å². The molecule has 1 unspecified atom stereocenters. The van der Waals surface area contributed by atoms with Gasteiger partial charge in [-0.25, -0.2) is 4.79 Å². The zero-order valence-electron chi connectivity index (χ0n) is 14.5. The Morgan fingerprint density at radius 2 is 2.04 bits per heavy atom. The largest absolute Gasteiger partial charge is 0.488 e. The highest BCUT2D eigenvalue weighted by atomic mass is 16.5. The number of para-hydroxylation sites is 1. The van der Waals surface area contributed by atoms with Gasteiger partial charge in [-0.05, 0) is 32.4 Å². The molecule has 0 spiro atoms. The van der Waals surface area contributed by atoms with E-state index in [9.17, 15) is 14.7 Å². The van der Waals surface area contributed by atoms with Crippen molar-refractivity contribution in [2.75, 3.05) is 0 Å². The molecule has 0 aliphatic carbocycles. The number of carboxylic acid groups (broad SMARTS) is 1. The monoisotopic (exact) mass is 346 g/mol. The molecule has 0 saturated carbocycles. The molecule has 1 heterocycles. The number of rotatable bonds is 8. The van der Waals surface area contributed by atoms with Gasteiger partial charge < -0.3 is 19.7 Å². The van der Waals surface area contributed by atoms with Gasteiger partial charge >= 0.3 is 5.97 Å². The van der Waals surface area contributed by atoms with Crippen molar-refractivity contribution in [2.24, 2.45) is 0 Å². The van der Waals surface area contributed by atoms with Gasteiger partial charge in [0.25, 0.3) is 5.91 Å². The van der Waals surface area contributed by atoms with Gasteiger partial charge in [0.15, 0.2) is 0 Å². The molecule has 1 amide bonds. The molecular formula is C18H22N2O5. The van der Waals surface area contributed by atoms with Gasteiger partial charge in [0, 0.05) is 0 Å². The van der Waals surface area contributed by atoms with Gasteiger partial charge in [0.1, 0.15) is 24.2 Å². The van der Waals surface area contributed by atoms with Crippen LogP contribution < -0.4 is 10.1 Å². The van der Waals surface area contributed by atoms with E-state index in [-0.39, 0.29) is 12.2 Å². The number of carboxylic acids is 1. The Balaban J connectivity index is 2.14. The second-order valence-corrected chi connectivity index (χ2v) is 5.74. The molecule has 0 bridgehead atoms. The lowest BCUT2D eigenvalue weighted by Crippen LogP contribution is -2.40. The molecule has 0 aliphatic heterocycles. The maximum absolute atomic E-state index is 12.5. The van der Waals surface area contributed by atoms with Crippen LogP contribution in [0.15, 0.2) is 28.8 Å². The number of carbonyl (C=O) groups excluding carboxylic acids is 1. The quantitative estimate of drug-likeness (QED) is 0.762. The van der Waals surface area contributed by atoms with E-state index in [2.05, 4.69) is 10.5 Å². The summed E-state index contributed by atoms with van der Waals surface area (Å²) in [6.45, 7) is 5.68. The van der Waals surface area contributed by atoms with Gasteiger partial charge in [0.2, 0.25) is 0 Å². The maximum atomic E-state index is 12.5. The Morgan fingerprint density at radius 1 is 1.32 bits per heavy atom. The minimum absolute atomic E-state index is 0.211. The highest BCUT2D eigenvalue weighted by Gasteiger charge is 2.22. The molecule has 2 aromatic rings. The van der Waals surface area contributed by atoms with Crippen LogP contribution in [0.1, 0.15) is 47.1 Å². The Morgan fingerprint density at radius 3 is 2.64 bits per heavy atom. The highest BCUT2D eigenvalue weighted by Crippen LogP contribution is 2.21. The van der Waals surface area contributed by atoms with Crippen LogP contribution in [0.25, 0.3) is 0 Å². The third kappa shape index (κ3) is 4.59. The van der Waals surface area contributed by atoms with Crippen LogP contribution in [0.5, 0.6) is 5.75 Å². The minimum Gasteiger partial charge on any atom is -0.488 e. The molecule has 0 aliphatic rings. The van der Waals surface area contributed by atoms with E-state index in [0.717, 1.165) is 11.3 Å². The second kappa shape index (κ2) is 8.32. The lowest BCUT2D eigenvalue weighted by atomic mass is 10.1. The lowest BCUT2D eigenvalue weighted by Gasteiger charge is -2.15. The van der Waals surface area contributed by atoms with Crippen molar-refractivity contribution in [1.29, 1.82) is 0 Å². The molecule has 0 saturated heterocycles. The Kier molecular flexibility index (Phi) is 6.16. The van der Waals surface area contributed by atoms with E-state index in [1.165, 1.54) is 0 Å². The average molecular weight is 346 g/mol. The Bertz CT molecular complexity index is 734. The van der Waals surface area contributed by atoms with Crippen LogP contribution in [0, 0.1) is 13.8 Å². The predicted octanol–water partition coefficient (Wildman–Crippen LogP) is 2.85. The highest BCUT2D eigenvalue weighted by molar-refractivity contribution is 5.98. The van der Waals surface area contributed by atoms with Gasteiger partial charge in [-0.2, -0.15) is 0 Å². The molecular weight excluding hydrogens is 324 g/mol. The van der Waals surface area contributed by atoms with Gasteiger partial charge in [-0.1, -0.05) is 30.6 Å². The van der Waals surface area contributed by atoms with E-state index >= 15 is 0 Å². The molecule has 1 aromatic carbocycles. The number of hydrogen-bond donors (Lipinski definition) is 2. The third-order valence-electron chi connectivity index (χ3n) is 3.87. The first-order valence-corrected chi connectivity index (χ1v) is 8.11. The number of benzene rings is 1. The van der Waals surface area contributed by atoms with Crippen molar-refractivity contribution in [2.45, 2.75) is 46.3 Å². The molecule has 0 fully saturated rings. The number of aromatic nitrogens is 1. The van der Waals surface area contributed by atoms with Crippen LogP contribution in [-0.2, 0) is 11.4 Å². The number of amides is 1. The van der Waals surface area contributed by atoms with Crippen molar-refractivity contribution >= 4 is 11.9 Å². The summed E-state index contributed by atoms with van der Waals surface area (Å²) in [7, 11) is 0. The standard InChI is InChI=1S/C18H22N2O5/c1-4-7-15(18(22)23)19-17(21)13-8-5-6-9-16(13)24-10-14-11(2)20-25-12(14)3/h5-6,8-9,15H,4,7,10H2,1-3H3,(H,19,21)(H,22,23). The van der Waals surface area contributed by atoms with Crippen molar-refractivity contribution in [3.63, 3.8) is 0 Å². The number of carbonyl (C=O) groups is 2. The van der Waals surface area contributed by atoms with Gasteiger partial charge in [0.05, 0.1) is 16.8 Å². The summed E-state index contributed by atoms with van der Waals surface area (Å²) in [6.07, 6.45) is 1.02. The van der Waals surface area contributed by atoms with E-state index in [4.69, 9.17) is 9.26 Å². The summed E-state index contributed by atoms with van der Waals surface area (Å²) in [5.41, 5.74) is 1.84. The molecule has 1 aromatic heterocycles. The van der Waals surface area contributed by atoms with E-state index < -0.39 is 17.9 Å². The molecule has 25 heavy (non-hydrogen) atoms. The van der Waals surface area contributed by atoms with E-state index in [1.54, 1.807) is 31.2 Å². The first kappa shape index (κ1) is 18.5. The molecule has 0 radical (unpaired) electrons. The van der Waals surface area contributed by atoms with Crippen LogP contribution in [0.3, 0.4) is 0 Å². The minimum atomic E-state index is -1.05. The summed E-state index contributed by atoms with van der Waals surface area (Å²) in [5.74, 6) is -0.492. The van der Waals surface area contributed by atoms with Crippen LogP contribution >= 0.6 is 0 Å². The van der Waals surface area contributed by atoms with Gasteiger partial charge in [-0.15, -0.1) is 0 Å². The molecule has 2 N–H and O–H groups in total. The summed E-state index contributed by atoms with van der Waals surface area (Å²) >= 11 is 0. The number of nitrogens with zero attached hydrogens (tertiary/aromatic N) is 1. The zero-order chi connectivity index (χ0) is 18.4. The SMILES string of the molecule is CCCC(NC(=O)c1ccccc1OCc1c(C)noc1C)C(=O)O. The third-order valence-corrected chi connectivity index (χ3v) is 3.87. The van der Waals surface area contributed by atoms with Crippen molar-refractivity contribution < 1.29 is 24.0 Å². The normalized spacial score (nSPS) is 11.8. The second-order valence-electron chi connectivity index (χ2n) is 5.74. The van der Waals surface area contributed by atoms with E-state index in [1.807, 2.05) is 13.8 Å². The van der Waals surface area contributed by atoms with Crippen molar-refractivity contribution in [1.82, 2.24) is 10.5 Å². The number of aliphatic carboxylic acids is 1. The number of ether oxygens (including phenoxy) is 1. The summed E-state index contributed by atoms with van der Waals surface area (Å²) in [6, 6.07) is 5.80. The summed E-state index contributed by atoms with van der Waals surface area (Å²) in [5, 5.41) is 15.6. The average Bonchev–Trinajstić information content (AvgIpc) is 2.91. The van der Waals surface area contributed by atoms with Crippen molar-refractivity contribution in [3.8, 4) is 5.75 Å². The number of nitrogens with one attached hydrogen (secondary N) is 1. The van der Waals surface area contributed by atoms with Crippen LogP contribution in [0.4, 0.5) is 0 Å². The van der Waals surface area contributed by atoms with Gasteiger partial charge in [-0.3, -0.25) is 4.79 Å². The van der Waals surface area contributed by atoms with E-state index in [0.29, 0.717) is 24.4 Å². The fourth-order valence-corrected chi connectivity index (χ4v) is 2.42. The number of hydrogen-bond acceptors (Lipinski definition) is 5. The smallest absolute Gasteiger partial charge is 0.326 e. The molecule has 1 atom stereocenters. The lowest BCUT2D eigenvalue weighted by molar-refractivity contribution is -0.139. The molecule has 7 heteroatoms. The topological polar surface area (TPSA) is 102 Å². The Labute approximate surface area is 146 Å². The van der Waals surface area contributed by atoms with Crippen LogP contribution in [0.2, 0.25) is 0 Å². The molecule has 134 valence electrons. The van der Waals surface area contributed by atoms with Crippen LogP contribution in [-0.4, -0.2) is 28.2 Å². The fraction of sp³-hybridized carbons (Fsp3) is 0.389.